The highest BCUT2D eigenvalue weighted by atomic mass is 32.2. The van der Waals surface area contributed by atoms with Crippen molar-refractivity contribution in [2.45, 2.75) is 17.7 Å². The standard InChI is InChI=1S/C8H12N2S/c1-10-5-8(4-9-10)11-6-7-2-3-7/h4-5,7H,2-3,6H2,1H3. The first-order valence-electron chi connectivity index (χ1n) is 3.96. The van der Waals surface area contributed by atoms with Gasteiger partial charge in [0.25, 0.3) is 0 Å². The predicted octanol–water partition coefficient (Wildman–Crippen LogP) is 1.92. The molecule has 2 nitrogen and oxygen atoms in total. The van der Waals surface area contributed by atoms with Gasteiger partial charge in [-0.15, -0.1) is 11.8 Å². The SMILES string of the molecule is Cn1cc(SCC2CC2)cn1. The van der Waals surface area contributed by atoms with Gasteiger partial charge in [-0.25, -0.2) is 0 Å². The van der Waals surface area contributed by atoms with Gasteiger partial charge in [-0.3, -0.25) is 4.68 Å². The van der Waals surface area contributed by atoms with Gasteiger partial charge in [-0.05, 0) is 18.8 Å². The van der Waals surface area contributed by atoms with Gasteiger partial charge in [0.05, 0.1) is 6.20 Å². The number of nitrogens with zero attached hydrogens (tertiary/aromatic N) is 2. The van der Waals surface area contributed by atoms with Crippen LogP contribution in [-0.2, 0) is 7.05 Å². The van der Waals surface area contributed by atoms with Crippen molar-refractivity contribution in [3.8, 4) is 0 Å². The molecular weight excluding hydrogens is 156 g/mol. The van der Waals surface area contributed by atoms with Crippen LogP contribution in [0.25, 0.3) is 0 Å². The molecule has 0 unspecified atom stereocenters. The third kappa shape index (κ3) is 1.99. The van der Waals surface area contributed by atoms with Gasteiger partial charge in [0.15, 0.2) is 0 Å². The summed E-state index contributed by atoms with van der Waals surface area (Å²) in [6, 6.07) is 0. The van der Waals surface area contributed by atoms with Crippen LogP contribution in [0.15, 0.2) is 17.3 Å². The van der Waals surface area contributed by atoms with Crippen molar-refractivity contribution in [2.24, 2.45) is 13.0 Å². The fourth-order valence-electron chi connectivity index (χ4n) is 0.972. The molecule has 1 aromatic heterocycles. The molecule has 0 atom stereocenters. The van der Waals surface area contributed by atoms with Crippen LogP contribution in [0.3, 0.4) is 0 Å². The van der Waals surface area contributed by atoms with Crippen LogP contribution in [-0.4, -0.2) is 15.5 Å². The molecule has 1 fully saturated rings. The van der Waals surface area contributed by atoms with E-state index >= 15 is 0 Å². The molecule has 60 valence electrons. The van der Waals surface area contributed by atoms with Crippen LogP contribution in [0.4, 0.5) is 0 Å². The van der Waals surface area contributed by atoms with E-state index in [0.29, 0.717) is 0 Å². The zero-order valence-corrected chi connectivity index (χ0v) is 7.47. The third-order valence-corrected chi connectivity index (χ3v) is 3.05. The molecule has 0 saturated heterocycles. The van der Waals surface area contributed by atoms with Crippen molar-refractivity contribution in [3.05, 3.63) is 12.4 Å². The smallest absolute Gasteiger partial charge is 0.0625 e. The second-order valence-corrected chi connectivity index (χ2v) is 4.20. The highest BCUT2D eigenvalue weighted by Gasteiger charge is 2.21. The van der Waals surface area contributed by atoms with Crippen LogP contribution in [0.2, 0.25) is 0 Å². The Morgan fingerprint density at radius 1 is 1.73 bits per heavy atom. The second-order valence-electron chi connectivity index (χ2n) is 3.10. The first kappa shape index (κ1) is 7.22. The Hall–Kier alpha value is -0.440. The summed E-state index contributed by atoms with van der Waals surface area (Å²) in [6.45, 7) is 0. The lowest BCUT2D eigenvalue weighted by Gasteiger charge is -1.92. The van der Waals surface area contributed by atoms with E-state index in [-0.39, 0.29) is 0 Å². The van der Waals surface area contributed by atoms with Crippen LogP contribution in [0.1, 0.15) is 12.8 Å². The van der Waals surface area contributed by atoms with E-state index in [9.17, 15) is 0 Å². The predicted molar refractivity (Wildman–Crippen MR) is 46.7 cm³/mol. The summed E-state index contributed by atoms with van der Waals surface area (Å²) in [5.41, 5.74) is 0. The summed E-state index contributed by atoms with van der Waals surface area (Å²) in [5, 5.41) is 4.11. The summed E-state index contributed by atoms with van der Waals surface area (Å²) in [4.78, 5) is 1.31. The maximum absolute atomic E-state index is 4.11. The maximum atomic E-state index is 4.11. The molecule has 0 aromatic carbocycles. The van der Waals surface area contributed by atoms with Gasteiger partial charge < -0.3 is 0 Å². The van der Waals surface area contributed by atoms with Crippen LogP contribution >= 0.6 is 11.8 Å². The lowest BCUT2D eigenvalue weighted by molar-refractivity contribution is 0.766. The molecule has 0 aliphatic heterocycles. The lowest BCUT2D eigenvalue weighted by Crippen LogP contribution is -1.84. The van der Waals surface area contributed by atoms with E-state index in [1.807, 2.05) is 29.7 Å². The average molecular weight is 168 g/mol. The summed E-state index contributed by atoms with van der Waals surface area (Å²) in [6.07, 6.45) is 6.89. The topological polar surface area (TPSA) is 17.8 Å². The van der Waals surface area contributed by atoms with Crippen molar-refractivity contribution >= 4 is 11.8 Å². The minimum absolute atomic E-state index is 1.00. The molecule has 0 radical (unpaired) electrons. The lowest BCUT2D eigenvalue weighted by atomic mass is 10.5. The summed E-state index contributed by atoms with van der Waals surface area (Å²) >= 11 is 1.93. The van der Waals surface area contributed by atoms with E-state index in [2.05, 4.69) is 11.3 Å². The Kier molecular flexibility index (Phi) is 1.90. The number of hydrogen-bond donors (Lipinski definition) is 0. The summed E-state index contributed by atoms with van der Waals surface area (Å²) in [7, 11) is 1.96. The molecule has 3 heteroatoms. The van der Waals surface area contributed by atoms with Gasteiger partial charge in [0.2, 0.25) is 0 Å². The van der Waals surface area contributed by atoms with Crippen LogP contribution in [0.5, 0.6) is 0 Å². The molecule has 0 bridgehead atoms. The van der Waals surface area contributed by atoms with E-state index in [4.69, 9.17) is 0 Å². The fourth-order valence-corrected chi connectivity index (χ4v) is 2.08. The van der Waals surface area contributed by atoms with E-state index in [1.165, 1.54) is 23.5 Å². The monoisotopic (exact) mass is 168 g/mol. The zero-order chi connectivity index (χ0) is 7.68. The van der Waals surface area contributed by atoms with E-state index in [0.717, 1.165) is 5.92 Å². The second kappa shape index (κ2) is 2.89. The van der Waals surface area contributed by atoms with Crippen molar-refractivity contribution in [1.29, 1.82) is 0 Å². The molecule has 0 amide bonds. The van der Waals surface area contributed by atoms with Crippen LogP contribution < -0.4 is 0 Å². The molecule has 0 N–H and O–H groups in total. The molecule has 1 aliphatic carbocycles. The number of rotatable bonds is 3. The number of aryl methyl sites for hydroxylation is 1. The van der Waals surface area contributed by atoms with Crippen molar-refractivity contribution < 1.29 is 0 Å². The molecule has 11 heavy (non-hydrogen) atoms. The number of hydrogen-bond acceptors (Lipinski definition) is 2. The molecule has 2 rings (SSSR count). The fraction of sp³-hybridized carbons (Fsp3) is 0.625. The van der Waals surface area contributed by atoms with E-state index in [1.54, 1.807) is 0 Å². The Balaban J connectivity index is 1.85. The number of aromatic nitrogens is 2. The van der Waals surface area contributed by atoms with Gasteiger partial charge in [0, 0.05) is 23.9 Å². The highest BCUT2D eigenvalue weighted by Crippen LogP contribution is 2.34. The largest absolute Gasteiger partial charge is 0.275 e. The Bertz CT molecular complexity index is 240. The molecule has 1 aliphatic rings. The maximum Gasteiger partial charge on any atom is 0.0625 e. The number of thioether (sulfide) groups is 1. The molecule has 1 heterocycles. The average Bonchev–Trinajstić information content (AvgIpc) is 2.72. The van der Waals surface area contributed by atoms with Crippen molar-refractivity contribution in [3.63, 3.8) is 0 Å². The highest BCUT2D eigenvalue weighted by molar-refractivity contribution is 7.99. The normalized spacial score (nSPS) is 17.2. The third-order valence-electron chi connectivity index (χ3n) is 1.86. The quantitative estimate of drug-likeness (QED) is 0.642. The zero-order valence-electron chi connectivity index (χ0n) is 6.66. The molecule has 1 saturated carbocycles. The summed E-state index contributed by atoms with van der Waals surface area (Å²) in [5.74, 6) is 2.28. The van der Waals surface area contributed by atoms with Crippen molar-refractivity contribution in [1.82, 2.24) is 9.78 Å². The molecule has 0 spiro atoms. The minimum atomic E-state index is 1.00. The van der Waals surface area contributed by atoms with Gasteiger partial charge in [-0.1, -0.05) is 0 Å². The van der Waals surface area contributed by atoms with Crippen LogP contribution in [0, 0.1) is 5.92 Å². The Morgan fingerprint density at radius 2 is 2.55 bits per heavy atom. The van der Waals surface area contributed by atoms with Gasteiger partial charge in [-0.2, -0.15) is 5.10 Å². The summed E-state index contributed by atoms with van der Waals surface area (Å²) < 4.78 is 1.86. The van der Waals surface area contributed by atoms with E-state index < -0.39 is 0 Å². The Labute approximate surface area is 71.0 Å². The molecular formula is C8H12N2S. The van der Waals surface area contributed by atoms with Crippen molar-refractivity contribution in [2.75, 3.05) is 5.75 Å². The van der Waals surface area contributed by atoms with Gasteiger partial charge in [0.1, 0.15) is 0 Å². The van der Waals surface area contributed by atoms with Gasteiger partial charge >= 0.3 is 0 Å². The first-order valence-corrected chi connectivity index (χ1v) is 4.94. The first-order chi connectivity index (χ1) is 5.34. The Morgan fingerprint density at radius 3 is 3.09 bits per heavy atom. The minimum Gasteiger partial charge on any atom is -0.275 e. The molecule has 1 aromatic rings.